The van der Waals surface area contributed by atoms with Crippen molar-refractivity contribution in [3.8, 4) is 0 Å². The lowest BCUT2D eigenvalue weighted by atomic mass is 9.94. The Labute approximate surface area is 189 Å². The van der Waals surface area contributed by atoms with Crippen molar-refractivity contribution in [3.05, 3.63) is 47.7 Å². The van der Waals surface area contributed by atoms with Gasteiger partial charge >= 0.3 is 0 Å². The topological polar surface area (TPSA) is 105 Å². The van der Waals surface area contributed by atoms with E-state index in [1.807, 2.05) is 47.1 Å². The van der Waals surface area contributed by atoms with E-state index in [-0.39, 0.29) is 55.1 Å². The van der Waals surface area contributed by atoms with Crippen LogP contribution in [0.1, 0.15) is 24.3 Å². The van der Waals surface area contributed by atoms with E-state index in [4.69, 9.17) is 10.3 Å². The Bertz CT molecular complexity index is 810. The lowest BCUT2D eigenvalue weighted by Gasteiger charge is -2.36. The number of rotatable bonds is 6. The molecule has 30 heavy (non-hydrogen) atoms. The van der Waals surface area contributed by atoms with Crippen LogP contribution in [0.3, 0.4) is 0 Å². The van der Waals surface area contributed by atoms with Crippen molar-refractivity contribution in [3.63, 3.8) is 0 Å². The van der Waals surface area contributed by atoms with Crippen LogP contribution < -0.4 is 11.1 Å². The fraction of sp³-hybridized carbons (Fsp3) is 0.450. The molecular formula is C20H29Cl2N5O3. The molecule has 2 heterocycles. The molecule has 2 unspecified atom stereocenters. The third-order valence-corrected chi connectivity index (χ3v) is 5.06. The van der Waals surface area contributed by atoms with E-state index < -0.39 is 0 Å². The highest BCUT2D eigenvalue weighted by Crippen LogP contribution is 2.21. The van der Waals surface area contributed by atoms with Crippen LogP contribution in [0.15, 0.2) is 40.9 Å². The van der Waals surface area contributed by atoms with E-state index >= 15 is 0 Å². The highest BCUT2D eigenvalue weighted by Gasteiger charge is 2.29. The summed E-state index contributed by atoms with van der Waals surface area (Å²) >= 11 is 0. The van der Waals surface area contributed by atoms with Gasteiger partial charge in [0.1, 0.15) is 5.76 Å². The highest BCUT2D eigenvalue weighted by atomic mass is 35.5. The normalized spacial score (nSPS) is 16.0. The lowest BCUT2D eigenvalue weighted by molar-refractivity contribution is -0.137. The van der Waals surface area contributed by atoms with Crippen LogP contribution in [-0.4, -0.2) is 59.5 Å². The molecule has 2 amide bonds. The van der Waals surface area contributed by atoms with E-state index in [0.29, 0.717) is 37.8 Å². The first-order valence-electron chi connectivity index (χ1n) is 9.49. The molecule has 2 aromatic rings. The van der Waals surface area contributed by atoms with Crippen LogP contribution >= 0.6 is 24.8 Å². The van der Waals surface area contributed by atoms with E-state index in [2.05, 4.69) is 10.5 Å². The monoisotopic (exact) mass is 457 g/mol. The van der Waals surface area contributed by atoms with Crippen molar-refractivity contribution in [1.29, 1.82) is 0 Å². The van der Waals surface area contributed by atoms with Crippen LogP contribution in [0.25, 0.3) is 0 Å². The second kappa shape index (κ2) is 11.9. The maximum atomic E-state index is 12.8. The van der Waals surface area contributed by atoms with Crippen molar-refractivity contribution >= 4 is 42.4 Å². The fourth-order valence-electron chi connectivity index (χ4n) is 3.34. The summed E-state index contributed by atoms with van der Waals surface area (Å²) in [5.74, 6) is 0.670. The molecule has 166 valence electrons. The molecule has 0 saturated carbocycles. The molecule has 0 bridgehead atoms. The number of nitrogens with zero attached hydrogens (tertiary/aromatic N) is 3. The number of halogens is 2. The summed E-state index contributed by atoms with van der Waals surface area (Å²) in [5, 5.41) is 6.47. The van der Waals surface area contributed by atoms with Gasteiger partial charge in [-0.2, -0.15) is 0 Å². The van der Waals surface area contributed by atoms with Crippen molar-refractivity contribution < 1.29 is 14.1 Å². The number of aryl methyl sites for hydroxylation is 1. The van der Waals surface area contributed by atoms with Crippen LogP contribution in [-0.2, 0) is 9.59 Å². The summed E-state index contributed by atoms with van der Waals surface area (Å²) in [6, 6.07) is 11.0. The Hall–Kier alpha value is -2.13. The Morgan fingerprint density at radius 3 is 2.37 bits per heavy atom. The largest absolute Gasteiger partial charge is 0.360 e. The average Bonchev–Trinajstić information content (AvgIpc) is 3.12. The lowest BCUT2D eigenvalue weighted by Crippen LogP contribution is -2.52. The SMILES string of the molecule is Cc1cc(NC(=O)CN2CCN(C(=O)C(C)C(N)c3ccccc3)CC2)no1.Cl.Cl. The van der Waals surface area contributed by atoms with Gasteiger partial charge in [0.05, 0.1) is 12.5 Å². The quantitative estimate of drug-likeness (QED) is 0.688. The zero-order chi connectivity index (χ0) is 20.1. The van der Waals surface area contributed by atoms with Crippen LogP contribution in [0, 0.1) is 12.8 Å². The summed E-state index contributed by atoms with van der Waals surface area (Å²) in [4.78, 5) is 28.8. The van der Waals surface area contributed by atoms with E-state index in [1.165, 1.54) is 0 Å². The zero-order valence-corrected chi connectivity index (χ0v) is 18.7. The van der Waals surface area contributed by atoms with Gasteiger partial charge < -0.3 is 20.5 Å². The number of piperazine rings is 1. The van der Waals surface area contributed by atoms with Crippen molar-refractivity contribution in [2.75, 3.05) is 38.0 Å². The molecular weight excluding hydrogens is 429 g/mol. The smallest absolute Gasteiger partial charge is 0.239 e. The number of amides is 2. The maximum Gasteiger partial charge on any atom is 0.239 e. The second-order valence-electron chi connectivity index (χ2n) is 7.20. The minimum Gasteiger partial charge on any atom is -0.360 e. The summed E-state index contributed by atoms with van der Waals surface area (Å²) in [7, 11) is 0. The van der Waals surface area contributed by atoms with Crippen LogP contribution in [0.4, 0.5) is 5.82 Å². The fourth-order valence-corrected chi connectivity index (χ4v) is 3.34. The Kier molecular flexibility index (Phi) is 10.3. The number of nitrogens with one attached hydrogen (secondary N) is 1. The minimum atomic E-state index is -0.330. The number of anilines is 1. The molecule has 1 aromatic carbocycles. The summed E-state index contributed by atoms with van der Waals surface area (Å²) < 4.78 is 4.94. The van der Waals surface area contributed by atoms with Gasteiger partial charge in [0.25, 0.3) is 0 Å². The number of hydrogen-bond donors (Lipinski definition) is 2. The Morgan fingerprint density at radius 2 is 1.80 bits per heavy atom. The first kappa shape index (κ1) is 25.9. The molecule has 10 heteroatoms. The van der Waals surface area contributed by atoms with Gasteiger partial charge in [-0.3, -0.25) is 14.5 Å². The van der Waals surface area contributed by atoms with Crippen LogP contribution in [0.5, 0.6) is 0 Å². The Morgan fingerprint density at radius 1 is 1.17 bits per heavy atom. The van der Waals surface area contributed by atoms with Crippen LogP contribution in [0.2, 0.25) is 0 Å². The van der Waals surface area contributed by atoms with Crippen molar-refractivity contribution in [1.82, 2.24) is 15.0 Å². The predicted octanol–water partition coefficient (Wildman–Crippen LogP) is 2.25. The van der Waals surface area contributed by atoms with E-state index in [0.717, 1.165) is 5.56 Å². The molecule has 8 nitrogen and oxygen atoms in total. The van der Waals surface area contributed by atoms with Gasteiger partial charge in [-0.25, -0.2) is 0 Å². The molecule has 1 aliphatic rings. The number of benzene rings is 1. The van der Waals surface area contributed by atoms with Gasteiger partial charge in [0.15, 0.2) is 5.82 Å². The number of nitrogens with two attached hydrogens (primary N) is 1. The summed E-state index contributed by atoms with van der Waals surface area (Å²) in [6.45, 7) is 6.35. The molecule has 1 fully saturated rings. The van der Waals surface area contributed by atoms with E-state index in [1.54, 1.807) is 13.0 Å². The van der Waals surface area contributed by atoms with Crippen molar-refractivity contribution in [2.24, 2.45) is 11.7 Å². The first-order chi connectivity index (χ1) is 13.4. The summed E-state index contributed by atoms with van der Waals surface area (Å²) in [6.07, 6.45) is 0. The molecule has 1 aliphatic heterocycles. The standard InChI is InChI=1S/C20H27N5O3.2ClH/c1-14-12-17(23-28-14)22-18(26)13-24-8-10-25(11-9-24)20(27)15(2)19(21)16-6-4-3-5-7-16;;/h3-7,12,15,19H,8-11,13,21H2,1-2H3,(H,22,23,26);2*1H. The molecule has 3 N–H and O–H groups in total. The number of aromatic nitrogens is 1. The minimum absolute atomic E-state index is 0. The van der Waals surface area contributed by atoms with Gasteiger partial charge in [0, 0.05) is 38.3 Å². The van der Waals surface area contributed by atoms with Crippen molar-refractivity contribution in [2.45, 2.75) is 19.9 Å². The molecule has 0 spiro atoms. The third-order valence-electron chi connectivity index (χ3n) is 5.06. The molecule has 0 radical (unpaired) electrons. The number of hydrogen-bond acceptors (Lipinski definition) is 6. The predicted molar refractivity (Wildman–Crippen MR) is 120 cm³/mol. The van der Waals surface area contributed by atoms with Gasteiger partial charge in [-0.15, -0.1) is 24.8 Å². The zero-order valence-electron chi connectivity index (χ0n) is 17.1. The Balaban J connectivity index is 0.00000225. The first-order valence-corrected chi connectivity index (χ1v) is 9.49. The molecule has 0 aliphatic carbocycles. The maximum absolute atomic E-state index is 12.8. The molecule has 1 saturated heterocycles. The molecule has 3 rings (SSSR count). The van der Waals surface area contributed by atoms with Gasteiger partial charge in [-0.1, -0.05) is 42.4 Å². The second-order valence-corrected chi connectivity index (χ2v) is 7.20. The van der Waals surface area contributed by atoms with Gasteiger partial charge in [-0.05, 0) is 12.5 Å². The highest BCUT2D eigenvalue weighted by molar-refractivity contribution is 5.91. The molecule has 1 aromatic heterocycles. The number of carbonyl (C=O) groups excluding carboxylic acids is 2. The van der Waals surface area contributed by atoms with E-state index in [9.17, 15) is 9.59 Å². The van der Waals surface area contributed by atoms with Gasteiger partial charge in [0.2, 0.25) is 11.8 Å². The number of carbonyl (C=O) groups is 2. The summed E-state index contributed by atoms with van der Waals surface area (Å²) in [5.41, 5.74) is 7.25. The average molecular weight is 458 g/mol. The molecule has 2 atom stereocenters. The third kappa shape index (κ3) is 6.70.